The molecule has 24 heavy (non-hydrogen) atoms. The molecule has 2 aromatic heterocycles. The summed E-state index contributed by atoms with van der Waals surface area (Å²) in [4.78, 5) is 11.0. The lowest BCUT2D eigenvalue weighted by Gasteiger charge is -2.25. The predicted octanol–water partition coefficient (Wildman–Crippen LogP) is 2.53. The molecule has 1 saturated heterocycles. The molecule has 0 unspecified atom stereocenters. The molecule has 0 N–H and O–H groups in total. The largest absolute Gasteiger partial charge is 0.478 e. The van der Waals surface area contributed by atoms with E-state index in [4.69, 9.17) is 4.74 Å². The Bertz CT molecular complexity index is 700. The van der Waals surface area contributed by atoms with Crippen LogP contribution in [0.4, 0.5) is 5.82 Å². The lowest BCUT2D eigenvalue weighted by molar-refractivity contribution is 0.326. The fourth-order valence-corrected chi connectivity index (χ4v) is 3.78. The standard InChI is InChI=1S/C17H24N6O/c1-2-24-16-11-15(18-12-19-16)22-10-6-7-13(22)17-21-20-14-8-4-3-5-9-23(14)17/h11-13H,2-10H2,1H3/t13-/m1/s1. The highest BCUT2D eigenvalue weighted by molar-refractivity contribution is 5.44. The molecule has 0 amide bonds. The quantitative estimate of drug-likeness (QED) is 0.859. The van der Waals surface area contributed by atoms with Gasteiger partial charge in [-0.15, -0.1) is 10.2 Å². The zero-order valence-electron chi connectivity index (χ0n) is 14.2. The maximum atomic E-state index is 5.53. The summed E-state index contributed by atoms with van der Waals surface area (Å²) in [6.07, 6.45) is 8.57. The van der Waals surface area contributed by atoms with Crippen molar-refractivity contribution in [3.8, 4) is 5.88 Å². The molecule has 0 saturated carbocycles. The number of hydrogen-bond acceptors (Lipinski definition) is 6. The average Bonchev–Trinajstić information content (AvgIpc) is 3.16. The zero-order valence-corrected chi connectivity index (χ0v) is 14.2. The first kappa shape index (κ1) is 15.4. The Labute approximate surface area is 142 Å². The summed E-state index contributed by atoms with van der Waals surface area (Å²) in [7, 11) is 0. The van der Waals surface area contributed by atoms with Crippen molar-refractivity contribution in [2.45, 2.75) is 58.0 Å². The summed E-state index contributed by atoms with van der Waals surface area (Å²) in [5.74, 6) is 3.79. The van der Waals surface area contributed by atoms with Gasteiger partial charge in [-0.05, 0) is 32.6 Å². The summed E-state index contributed by atoms with van der Waals surface area (Å²) in [6.45, 7) is 4.59. The van der Waals surface area contributed by atoms with Crippen molar-refractivity contribution in [1.82, 2.24) is 24.7 Å². The number of ether oxygens (including phenoxy) is 1. The number of rotatable bonds is 4. The number of aromatic nitrogens is 5. The zero-order chi connectivity index (χ0) is 16.4. The smallest absolute Gasteiger partial charge is 0.218 e. The number of nitrogens with zero attached hydrogens (tertiary/aromatic N) is 6. The van der Waals surface area contributed by atoms with Crippen LogP contribution in [0.5, 0.6) is 5.88 Å². The molecule has 4 heterocycles. The Morgan fingerprint density at radius 2 is 2.08 bits per heavy atom. The van der Waals surface area contributed by atoms with Crippen LogP contribution >= 0.6 is 0 Å². The van der Waals surface area contributed by atoms with E-state index in [2.05, 4.69) is 29.6 Å². The van der Waals surface area contributed by atoms with Crippen molar-refractivity contribution in [3.05, 3.63) is 24.0 Å². The molecule has 128 valence electrons. The lowest BCUT2D eigenvalue weighted by atomic mass is 10.2. The molecule has 0 bridgehead atoms. The molecule has 1 atom stereocenters. The van der Waals surface area contributed by atoms with E-state index in [0.29, 0.717) is 12.5 Å². The number of fused-ring (bicyclic) bond motifs is 1. The molecule has 4 rings (SSSR count). The summed E-state index contributed by atoms with van der Waals surface area (Å²) < 4.78 is 7.88. The van der Waals surface area contributed by atoms with Crippen LogP contribution < -0.4 is 9.64 Å². The van der Waals surface area contributed by atoms with E-state index in [1.807, 2.05) is 13.0 Å². The van der Waals surface area contributed by atoms with Crippen molar-refractivity contribution < 1.29 is 4.74 Å². The second-order valence-corrected chi connectivity index (χ2v) is 6.44. The second kappa shape index (κ2) is 6.75. The van der Waals surface area contributed by atoms with E-state index < -0.39 is 0 Å². The van der Waals surface area contributed by atoms with Gasteiger partial charge in [0.25, 0.3) is 0 Å². The maximum absolute atomic E-state index is 5.53. The Balaban J connectivity index is 1.64. The molecule has 0 aliphatic carbocycles. The normalized spacial score (nSPS) is 20.7. The molecular formula is C17H24N6O. The van der Waals surface area contributed by atoms with Gasteiger partial charge in [0.2, 0.25) is 5.88 Å². The average molecular weight is 328 g/mol. The van der Waals surface area contributed by atoms with Crippen molar-refractivity contribution in [2.75, 3.05) is 18.1 Å². The minimum absolute atomic E-state index is 0.244. The van der Waals surface area contributed by atoms with Gasteiger partial charge >= 0.3 is 0 Å². The van der Waals surface area contributed by atoms with Crippen LogP contribution in [-0.4, -0.2) is 37.9 Å². The van der Waals surface area contributed by atoms with Crippen LogP contribution in [0.25, 0.3) is 0 Å². The van der Waals surface area contributed by atoms with Crippen LogP contribution in [0.2, 0.25) is 0 Å². The predicted molar refractivity (Wildman–Crippen MR) is 90.1 cm³/mol. The molecule has 7 heteroatoms. The lowest BCUT2D eigenvalue weighted by Crippen LogP contribution is -2.26. The summed E-state index contributed by atoms with van der Waals surface area (Å²) in [5.41, 5.74) is 0. The Morgan fingerprint density at radius 1 is 1.12 bits per heavy atom. The first-order chi connectivity index (χ1) is 11.9. The molecule has 7 nitrogen and oxygen atoms in total. The minimum atomic E-state index is 0.244. The number of hydrogen-bond donors (Lipinski definition) is 0. The van der Waals surface area contributed by atoms with Gasteiger partial charge in [-0.1, -0.05) is 6.42 Å². The van der Waals surface area contributed by atoms with Gasteiger partial charge in [0.1, 0.15) is 18.0 Å². The summed E-state index contributed by atoms with van der Waals surface area (Å²) >= 11 is 0. The van der Waals surface area contributed by atoms with Gasteiger partial charge in [-0.25, -0.2) is 9.97 Å². The second-order valence-electron chi connectivity index (χ2n) is 6.44. The van der Waals surface area contributed by atoms with Gasteiger partial charge in [0.05, 0.1) is 12.6 Å². The highest BCUT2D eigenvalue weighted by atomic mass is 16.5. The van der Waals surface area contributed by atoms with Crippen molar-refractivity contribution in [3.63, 3.8) is 0 Å². The van der Waals surface area contributed by atoms with Crippen molar-refractivity contribution in [1.29, 1.82) is 0 Å². The highest BCUT2D eigenvalue weighted by Crippen LogP contribution is 2.35. The Morgan fingerprint density at radius 3 is 3.00 bits per heavy atom. The fraction of sp³-hybridized carbons (Fsp3) is 0.647. The third-order valence-corrected chi connectivity index (χ3v) is 4.90. The van der Waals surface area contributed by atoms with Crippen LogP contribution in [0, 0.1) is 0 Å². The maximum Gasteiger partial charge on any atom is 0.218 e. The Kier molecular flexibility index (Phi) is 4.32. The summed E-state index contributed by atoms with van der Waals surface area (Å²) in [5, 5.41) is 9.02. The molecule has 2 aromatic rings. The number of anilines is 1. The van der Waals surface area contributed by atoms with Crippen molar-refractivity contribution >= 4 is 5.82 Å². The monoisotopic (exact) mass is 328 g/mol. The molecular weight excluding hydrogens is 304 g/mol. The van der Waals surface area contributed by atoms with Gasteiger partial charge in [-0.3, -0.25) is 0 Å². The summed E-state index contributed by atoms with van der Waals surface area (Å²) in [6, 6.07) is 2.18. The number of aryl methyl sites for hydroxylation is 1. The van der Waals surface area contributed by atoms with E-state index in [1.165, 1.54) is 19.3 Å². The fourth-order valence-electron chi connectivity index (χ4n) is 3.78. The van der Waals surface area contributed by atoms with Gasteiger partial charge in [0, 0.05) is 25.6 Å². The molecule has 0 spiro atoms. The third-order valence-electron chi connectivity index (χ3n) is 4.90. The van der Waals surface area contributed by atoms with Gasteiger partial charge in [0.15, 0.2) is 5.82 Å². The molecule has 0 radical (unpaired) electrons. The topological polar surface area (TPSA) is 69.0 Å². The van der Waals surface area contributed by atoms with E-state index in [-0.39, 0.29) is 6.04 Å². The highest BCUT2D eigenvalue weighted by Gasteiger charge is 2.32. The minimum Gasteiger partial charge on any atom is -0.478 e. The SMILES string of the molecule is CCOc1cc(N2CCC[C@@H]2c2nnc3n2CCCCC3)ncn1. The van der Waals surface area contributed by atoms with Crippen molar-refractivity contribution in [2.24, 2.45) is 0 Å². The van der Waals surface area contributed by atoms with E-state index in [9.17, 15) is 0 Å². The van der Waals surface area contributed by atoms with E-state index in [0.717, 1.165) is 49.8 Å². The Hall–Kier alpha value is -2.18. The van der Waals surface area contributed by atoms with E-state index in [1.54, 1.807) is 6.33 Å². The van der Waals surface area contributed by atoms with E-state index >= 15 is 0 Å². The molecule has 2 aliphatic heterocycles. The molecule has 2 aliphatic rings. The van der Waals surface area contributed by atoms with Crippen LogP contribution in [0.1, 0.15) is 56.7 Å². The van der Waals surface area contributed by atoms with Gasteiger partial charge in [-0.2, -0.15) is 0 Å². The van der Waals surface area contributed by atoms with Gasteiger partial charge < -0.3 is 14.2 Å². The molecule has 1 fully saturated rings. The van der Waals surface area contributed by atoms with Crippen LogP contribution in [-0.2, 0) is 13.0 Å². The third kappa shape index (κ3) is 2.83. The van der Waals surface area contributed by atoms with Crippen LogP contribution in [0.15, 0.2) is 12.4 Å². The molecule has 0 aromatic carbocycles. The first-order valence-electron chi connectivity index (χ1n) is 9.00. The first-order valence-corrected chi connectivity index (χ1v) is 9.00. The van der Waals surface area contributed by atoms with Crippen LogP contribution in [0.3, 0.4) is 0 Å².